The molecule has 0 radical (unpaired) electrons. The van der Waals surface area contributed by atoms with E-state index in [1.165, 1.54) is 0 Å². The molecule has 0 spiro atoms. The van der Waals surface area contributed by atoms with Crippen LogP contribution in [0.5, 0.6) is 0 Å². The zero-order valence-electron chi connectivity index (χ0n) is 11.2. The Balaban J connectivity index is 1.84. The lowest BCUT2D eigenvalue weighted by molar-refractivity contribution is -0.816. The number of carbonyl (C=O) groups excluding carboxylic acids is 1. The van der Waals surface area contributed by atoms with Crippen LogP contribution in [0.4, 0.5) is 0 Å². The molecule has 0 amide bonds. The SMILES string of the molecule is O=C1[C@H]2C[C@@H]3C([N+](=O)[O-])([N+](=O)[O-])[C@@H]4C[C@@H]1[C@H]1[C@H]2[C@@]3([N+](=O)[O-])[C@@H]14. The van der Waals surface area contributed by atoms with Crippen LogP contribution in [-0.4, -0.2) is 31.8 Å². The van der Waals surface area contributed by atoms with Gasteiger partial charge in [-0.05, 0) is 18.8 Å². The summed E-state index contributed by atoms with van der Waals surface area (Å²) >= 11 is 0. The molecule has 0 heterocycles. The van der Waals surface area contributed by atoms with Gasteiger partial charge in [0.15, 0.2) is 5.92 Å². The van der Waals surface area contributed by atoms with E-state index in [9.17, 15) is 35.1 Å². The van der Waals surface area contributed by atoms with Crippen LogP contribution < -0.4 is 0 Å². The second-order valence-corrected chi connectivity index (χ2v) is 7.32. The molecule has 0 aliphatic heterocycles. The standard InChI is InChI=1S/C12H11N3O7/c16-10-3-1-5-9-7(3)8-4(10)2-6(11(8,9)13(17)18)12(5,14(19)20)15(21)22/h3-9H,1-2H2/t3-,4+,5-,6+,7+,8+,9-,11-/m1/s1. The highest BCUT2D eigenvalue weighted by atomic mass is 16.7. The van der Waals surface area contributed by atoms with Crippen molar-refractivity contribution in [1.29, 1.82) is 0 Å². The fraction of sp³-hybridized carbons (Fsp3) is 0.917. The molecular weight excluding hydrogens is 298 g/mol. The van der Waals surface area contributed by atoms with E-state index in [-0.39, 0.29) is 24.5 Å². The molecule has 0 bridgehead atoms. The third kappa shape index (κ3) is 0.759. The Morgan fingerprint density at radius 1 is 0.909 bits per heavy atom. The topological polar surface area (TPSA) is 146 Å². The number of hydrogen-bond acceptors (Lipinski definition) is 7. The molecule has 10 nitrogen and oxygen atoms in total. The molecule has 0 aromatic heterocycles. The summed E-state index contributed by atoms with van der Waals surface area (Å²) < 4.78 is 0. The Bertz CT molecular complexity index is 693. The molecule has 5 aliphatic carbocycles. The molecule has 116 valence electrons. The molecule has 0 aromatic carbocycles. The fourth-order valence-corrected chi connectivity index (χ4v) is 7.30. The molecule has 0 aromatic rings. The number of hydrogen-bond donors (Lipinski definition) is 0. The zero-order valence-corrected chi connectivity index (χ0v) is 11.2. The van der Waals surface area contributed by atoms with Gasteiger partial charge in [0.1, 0.15) is 11.7 Å². The fourth-order valence-electron chi connectivity index (χ4n) is 7.30. The molecule has 22 heavy (non-hydrogen) atoms. The summed E-state index contributed by atoms with van der Waals surface area (Å²) in [5, 5.41) is 35.2. The minimum Gasteiger partial charge on any atom is -0.299 e. The van der Waals surface area contributed by atoms with Crippen LogP contribution in [0.3, 0.4) is 0 Å². The van der Waals surface area contributed by atoms with Gasteiger partial charge in [0.05, 0.1) is 15.8 Å². The van der Waals surface area contributed by atoms with Crippen molar-refractivity contribution >= 4 is 5.78 Å². The van der Waals surface area contributed by atoms with E-state index in [0.29, 0.717) is 0 Å². The lowest BCUT2D eigenvalue weighted by atomic mass is 9.54. The van der Waals surface area contributed by atoms with E-state index in [1.807, 2.05) is 0 Å². The van der Waals surface area contributed by atoms with Crippen LogP contribution in [-0.2, 0) is 4.79 Å². The summed E-state index contributed by atoms with van der Waals surface area (Å²) in [7, 11) is 0. The average molecular weight is 309 g/mol. The second-order valence-electron chi connectivity index (χ2n) is 7.32. The van der Waals surface area contributed by atoms with Crippen LogP contribution >= 0.6 is 0 Å². The highest BCUT2D eigenvalue weighted by Crippen LogP contribution is 2.83. The van der Waals surface area contributed by atoms with Crippen molar-refractivity contribution < 1.29 is 19.6 Å². The third-order valence-corrected chi connectivity index (χ3v) is 7.48. The number of nitro groups is 3. The maximum Gasteiger partial charge on any atom is 0.471 e. The van der Waals surface area contributed by atoms with Gasteiger partial charge in [-0.3, -0.25) is 35.1 Å². The molecule has 0 saturated heterocycles. The molecule has 0 unspecified atom stereocenters. The number of ketones is 1. The van der Waals surface area contributed by atoms with E-state index >= 15 is 0 Å². The molecular formula is C12H11N3O7. The molecule has 5 saturated carbocycles. The molecule has 8 atom stereocenters. The van der Waals surface area contributed by atoms with Crippen molar-refractivity contribution in [3.63, 3.8) is 0 Å². The predicted octanol–water partition coefficient (Wildman–Crippen LogP) is -0.0177. The summed E-state index contributed by atoms with van der Waals surface area (Å²) in [6.07, 6.45) is -0.0122. The number of rotatable bonds is 3. The predicted molar refractivity (Wildman–Crippen MR) is 65.1 cm³/mol. The summed E-state index contributed by atoms with van der Waals surface area (Å²) in [5.41, 5.74) is -4.12. The Hall–Kier alpha value is -2.13. The smallest absolute Gasteiger partial charge is 0.299 e. The van der Waals surface area contributed by atoms with E-state index in [4.69, 9.17) is 0 Å². The zero-order chi connectivity index (χ0) is 15.8. The van der Waals surface area contributed by atoms with Gasteiger partial charge in [0, 0.05) is 22.7 Å². The average Bonchev–Trinajstić information content (AvgIpc) is 2.96. The summed E-state index contributed by atoms with van der Waals surface area (Å²) in [4.78, 5) is 45.3. The van der Waals surface area contributed by atoms with Crippen LogP contribution in [0.25, 0.3) is 0 Å². The van der Waals surface area contributed by atoms with E-state index < -0.39 is 61.5 Å². The summed E-state index contributed by atoms with van der Waals surface area (Å²) in [5.74, 6) is -4.82. The van der Waals surface area contributed by atoms with Crippen LogP contribution in [0, 0.1) is 71.8 Å². The lowest BCUT2D eigenvalue weighted by Gasteiger charge is -2.46. The Kier molecular flexibility index (Phi) is 1.69. The molecule has 5 aliphatic rings. The van der Waals surface area contributed by atoms with Crippen molar-refractivity contribution in [3.05, 3.63) is 30.3 Å². The molecule has 5 fully saturated rings. The maximum absolute atomic E-state index is 12.4. The van der Waals surface area contributed by atoms with Gasteiger partial charge < -0.3 is 0 Å². The summed E-state index contributed by atoms with van der Waals surface area (Å²) in [6.45, 7) is 0. The minimum atomic E-state index is -2.49. The van der Waals surface area contributed by atoms with E-state index in [0.717, 1.165) is 0 Å². The monoisotopic (exact) mass is 309 g/mol. The van der Waals surface area contributed by atoms with E-state index in [2.05, 4.69) is 0 Å². The van der Waals surface area contributed by atoms with Crippen LogP contribution in [0.1, 0.15) is 12.8 Å². The first kappa shape index (κ1) is 12.4. The van der Waals surface area contributed by atoms with Gasteiger partial charge in [-0.1, -0.05) is 0 Å². The number of nitrogens with zero attached hydrogens (tertiary/aromatic N) is 3. The van der Waals surface area contributed by atoms with Gasteiger partial charge in [-0.15, -0.1) is 0 Å². The summed E-state index contributed by atoms with van der Waals surface area (Å²) in [6, 6.07) is 0. The Morgan fingerprint density at radius 3 is 2.09 bits per heavy atom. The highest BCUT2D eigenvalue weighted by molar-refractivity contribution is 5.89. The molecule has 5 rings (SSSR count). The first-order chi connectivity index (χ1) is 10.3. The second kappa shape index (κ2) is 2.99. The van der Waals surface area contributed by atoms with E-state index in [1.54, 1.807) is 0 Å². The van der Waals surface area contributed by atoms with Crippen molar-refractivity contribution in [2.75, 3.05) is 0 Å². The highest BCUT2D eigenvalue weighted by Gasteiger charge is 3.02. The molecule has 0 N–H and O–H groups in total. The minimum absolute atomic E-state index is 0.0472. The van der Waals surface area contributed by atoms with Crippen molar-refractivity contribution in [2.24, 2.45) is 41.4 Å². The van der Waals surface area contributed by atoms with Crippen LogP contribution in [0.15, 0.2) is 0 Å². The van der Waals surface area contributed by atoms with Gasteiger partial charge >= 0.3 is 5.66 Å². The maximum atomic E-state index is 12.4. The van der Waals surface area contributed by atoms with Crippen molar-refractivity contribution in [3.8, 4) is 0 Å². The lowest BCUT2D eigenvalue weighted by Crippen LogP contribution is -2.65. The largest absolute Gasteiger partial charge is 0.471 e. The quantitative estimate of drug-likeness (QED) is 0.404. The first-order valence-electron chi connectivity index (χ1n) is 7.29. The number of carbonyl (C=O) groups is 1. The van der Waals surface area contributed by atoms with Crippen LogP contribution in [0.2, 0.25) is 0 Å². The number of Topliss-reactive ketones (excluding diaryl/α,β-unsaturated/α-hetero) is 1. The normalized spacial score (nSPS) is 54.4. The van der Waals surface area contributed by atoms with Crippen molar-refractivity contribution in [1.82, 2.24) is 0 Å². The molecule has 10 heteroatoms. The third-order valence-electron chi connectivity index (χ3n) is 7.48. The first-order valence-corrected chi connectivity index (χ1v) is 7.29. The van der Waals surface area contributed by atoms with Gasteiger partial charge in [0.25, 0.3) is 0 Å². The van der Waals surface area contributed by atoms with Gasteiger partial charge in [-0.2, -0.15) is 0 Å². The van der Waals surface area contributed by atoms with Gasteiger partial charge in [-0.25, -0.2) is 0 Å². The Labute approximate surface area is 122 Å². The van der Waals surface area contributed by atoms with Crippen molar-refractivity contribution in [2.45, 2.75) is 24.0 Å². The Morgan fingerprint density at radius 2 is 1.55 bits per heavy atom. The van der Waals surface area contributed by atoms with Gasteiger partial charge in [0.2, 0.25) is 5.54 Å².